The summed E-state index contributed by atoms with van der Waals surface area (Å²) in [5, 5.41) is 8.90. The van der Waals surface area contributed by atoms with Crippen molar-refractivity contribution in [3.05, 3.63) is 28.8 Å². The zero-order valence-electron chi connectivity index (χ0n) is 10.5. The maximum absolute atomic E-state index is 11.9. The Morgan fingerprint density at radius 1 is 1.14 bits per heavy atom. The largest absolute Gasteiger partial charge is 0.506 e. The number of aromatic nitrogens is 3. The van der Waals surface area contributed by atoms with Crippen LogP contribution in [0.25, 0.3) is 0 Å². The first-order valence-corrected chi connectivity index (χ1v) is 7.04. The second-order valence-corrected chi connectivity index (χ2v) is 5.61. The quantitative estimate of drug-likeness (QED) is 0.468. The van der Waals surface area contributed by atoms with Crippen molar-refractivity contribution in [2.45, 2.75) is 4.90 Å². The molecule has 2 rings (SSSR count). The van der Waals surface area contributed by atoms with Gasteiger partial charge in [-0.05, 0) is 35.3 Å². The van der Waals surface area contributed by atoms with E-state index in [-0.39, 0.29) is 45.8 Å². The van der Waals surface area contributed by atoms with Crippen molar-refractivity contribution in [3.63, 3.8) is 0 Å². The second-order valence-electron chi connectivity index (χ2n) is 3.42. The molecule has 12 heteroatoms. The summed E-state index contributed by atoms with van der Waals surface area (Å²) in [6, 6.07) is 2.79. The van der Waals surface area contributed by atoms with E-state index in [0.29, 0.717) is 0 Å². The fourth-order valence-electron chi connectivity index (χ4n) is 1.24. The van der Waals surface area contributed by atoms with Gasteiger partial charge in [0.05, 0.1) is 0 Å². The number of nitrogens with two attached hydrogens (primary N) is 1. The minimum absolute atomic E-state index is 0. The van der Waals surface area contributed by atoms with Crippen LogP contribution >= 0.6 is 23.2 Å². The number of hydrogen-bond acceptors (Lipinski definition) is 8. The summed E-state index contributed by atoms with van der Waals surface area (Å²) in [5.41, 5.74) is 5.59. The third kappa shape index (κ3) is 4.56. The Kier molecular flexibility index (Phi) is 6.02. The van der Waals surface area contributed by atoms with Gasteiger partial charge in [-0.3, -0.25) is 0 Å². The molecule has 0 spiro atoms. The SMILES string of the molecule is Nc1ccc(S(=O)(=O)Oc2nc(Cl)nc(Cl)n2)c(O)c1.[Na]. The van der Waals surface area contributed by atoms with Crippen molar-refractivity contribution < 1.29 is 17.7 Å². The van der Waals surface area contributed by atoms with Crippen LogP contribution in [0.1, 0.15) is 0 Å². The van der Waals surface area contributed by atoms with Crippen LogP contribution in [0.4, 0.5) is 5.69 Å². The Morgan fingerprint density at radius 3 is 2.24 bits per heavy atom. The van der Waals surface area contributed by atoms with Gasteiger partial charge >= 0.3 is 16.1 Å². The van der Waals surface area contributed by atoms with Gasteiger partial charge in [0, 0.05) is 41.3 Å². The Hall–Kier alpha value is -0.840. The zero-order valence-corrected chi connectivity index (χ0v) is 14.8. The van der Waals surface area contributed by atoms with Gasteiger partial charge in [-0.1, -0.05) is 0 Å². The third-order valence-corrected chi connectivity index (χ3v) is 3.59. The number of anilines is 1. The molecule has 8 nitrogen and oxygen atoms in total. The van der Waals surface area contributed by atoms with Crippen LogP contribution in [0.5, 0.6) is 11.8 Å². The van der Waals surface area contributed by atoms with Crippen molar-refractivity contribution in [1.82, 2.24) is 15.0 Å². The molecule has 1 heterocycles. The van der Waals surface area contributed by atoms with Crippen LogP contribution in [0, 0.1) is 0 Å². The monoisotopic (exact) mass is 359 g/mol. The summed E-state index contributed by atoms with van der Waals surface area (Å²) in [6.07, 6.45) is 0. The molecule has 0 atom stereocenters. The van der Waals surface area contributed by atoms with Crippen LogP contribution in [0.15, 0.2) is 23.1 Å². The summed E-state index contributed by atoms with van der Waals surface area (Å²) in [6.45, 7) is 0. The van der Waals surface area contributed by atoms with E-state index in [9.17, 15) is 13.5 Å². The molecule has 0 aliphatic rings. The Balaban J connectivity index is 0.00000220. The van der Waals surface area contributed by atoms with E-state index in [0.717, 1.165) is 12.1 Å². The molecule has 1 radical (unpaired) electrons. The van der Waals surface area contributed by atoms with Gasteiger partial charge in [-0.25, -0.2) is 0 Å². The van der Waals surface area contributed by atoms with Gasteiger partial charge in [0.15, 0.2) is 0 Å². The van der Waals surface area contributed by atoms with Gasteiger partial charge in [-0.2, -0.15) is 23.4 Å². The van der Waals surface area contributed by atoms with Gasteiger partial charge in [-0.15, -0.1) is 0 Å². The molecule has 0 amide bonds. The predicted octanol–water partition coefficient (Wildman–Crippen LogP) is 0.853. The standard InChI is InChI=1S/C9H6Cl2N4O4S.Na/c10-7-13-8(11)15-9(14-7)19-20(17,18)6-2-1-4(12)3-5(6)16;/h1-3,16H,12H2;. The number of halogens is 2. The summed E-state index contributed by atoms with van der Waals surface area (Å²) in [4.78, 5) is 9.82. The van der Waals surface area contributed by atoms with Gasteiger partial charge < -0.3 is 15.0 Å². The molecule has 0 unspecified atom stereocenters. The van der Waals surface area contributed by atoms with Crippen molar-refractivity contribution >= 4 is 68.6 Å². The molecule has 21 heavy (non-hydrogen) atoms. The van der Waals surface area contributed by atoms with Crippen LogP contribution in [0.3, 0.4) is 0 Å². The fourth-order valence-corrected chi connectivity index (χ4v) is 2.49. The number of hydrogen-bond donors (Lipinski definition) is 2. The minimum Gasteiger partial charge on any atom is -0.506 e. The number of nitrogen functional groups attached to an aromatic ring is 1. The molecule has 0 aliphatic heterocycles. The molecule has 2 aromatic rings. The van der Waals surface area contributed by atoms with E-state index < -0.39 is 26.8 Å². The molecule has 1 aromatic heterocycles. The molecular formula is C9H6Cl2N4NaO4S. The van der Waals surface area contributed by atoms with E-state index in [1.165, 1.54) is 6.07 Å². The van der Waals surface area contributed by atoms with Gasteiger partial charge in [0.2, 0.25) is 10.6 Å². The Morgan fingerprint density at radius 2 is 1.71 bits per heavy atom. The molecule has 3 N–H and O–H groups in total. The summed E-state index contributed by atoms with van der Waals surface area (Å²) in [5.74, 6) is -0.573. The van der Waals surface area contributed by atoms with Crippen molar-refractivity contribution in [1.29, 1.82) is 0 Å². The summed E-state index contributed by atoms with van der Waals surface area (Å²) < 4.78 is 28.5. The van der Waals surface area contributed by atoms with Crippen molar-refractivity contribution in [2.75, 3.05) is 5.73 Å². The number of benzene rings is 1. The summed E-state index contributed by atoms with van der Waals surface area (Å²) in [7, 11) is -4.37. The average Bonchev–Trinajstić information content (AvgIpc) is 2.25. The number of phenolic OH excluding ortho intramolecular Hbond substituents is 1. The van der Waals surface area contributed by atoms with Gasteiger partial charge in [0.25, 0.3) is 0 Å². The minimum atomic E-state index is -4.37. The first-order chi connectivity index (χ1) is 9.28. The molecule has 0 fully saturated rings. The van der Waals surface area contributed by atoms with Gasteiger partial charge in [0.1, 0.15) is 10.6 Å². The average molecular weight is 360 g/mol. The number of rotatable bonds is 3. The molecular weight excluding hydrogens is 354 g/mol. The topological polar surface area (TPSA) is 128 Å². The third-order valence-electron chi connectivity index (χ3n) is 2.00. The van der Waals surface area contributed by atoms with Crippen molar-refractivity contribution in [3.8, 4) is 11.8 Å². The first kappa shape index (κ1) is 18.2. The molecule has 107 valence electrons. The molecule has 0 saturated heterocycles. The second kappa shape index (κ2) is 6.95. The van der Waals surface area contributed by atoms with E-state index in [1.807, 2.05) is 0 Å². The smallest absolute Gasteiger partial charge is 0.345 e. The molecule has 0 bridgehead atoms. The van der Waals surface area contributed by atoms with E-state index >= 15 is 0 Å². The van der Waals surface area contributed by atoms with Crippen LogP contribution in [0.2, 0.25) is 10.6 Å². The number of nitrogens with zero attached hydrogens (tertiary/aromatic N) is 3. The predicted molar refractivity (Wildman–Crippen MR) is 75.9 cm³/mol. The molecule has 1 aromatic carbocycles. The molecule has 0 saturated carbocycles. The van der Waals surface area contributed by atoms with E-state index in [1.54, 1.807) is 0 Å². The number of phenols is 1. The van der Waals surface area contributed by atoms with E-state index in [2.05, 4.69) is 19.1 Å². The van der Waals surface area contributed by atoms with Crippen LogP contribution in [-0.2, 0) is 10.1 Å². The molecule has 0 aliphatic carbocycles. The first-order valence-electron chi connectivity index (χ1n) is 4.88. The zero-order chi connectivity index (χ0) is 14.9. The van der Waals surface area contributed by atoms with Crippen LogP contribution < -0.4 is 9.92 Å². The maximum Gasteiger partial charge on any atom is 0.345 e. The van der Waals surface area contributed by atoms with E-state index in [4.69, 9.17) is 28.9 Å². The Bertz CT molecular complexity index is 754. The fraction of sp³-hybridized carbons (Fsp3) is 0. The number of aromatic hydroxyl groups is 1. The summed E-state index contributed by atoms with van der Waals surface area (Å²) >= 11 is 11.0. The normalized spacial score (nSPS) is 10.8. The van der Waals surface area contributed by atoms with Crippen LogP contribution in [-0.4, -0.2) is 58.0 Å². The van der Waals surface area contributed by atoms with Crippen molar-refractivity contribution in [2.24, 2.45) is 0 Å². The maximum atomic E-state index is 11.9. The Labute approximate surface area is 151 Å².